The minimum atomic E-state index is -3.79. The van der Waals surface area contributed by atoms with E-state index < -0.39 is 28.4 Å². The number of primary amides is 1. The summed E-state index contributed by atoms with van der Waals surface area (Å²) >= 11 is 0. The first kappa shape index (κ1) is 18.6. The number of benzene rings is 2. The Morgan fingerprint density at radius 3 is 2.28 bits per heavy atom. The predicted molar refractivity (Wildman–Crippen MR) is 94.6 cm³/mol. The molecular weight excluding hydrogens is 342 g/mol. The smallest absolute Gasteiger partial charge is 0.250 e. The molecule has 7 nitrogen and oxygen atoms in total. The van der Waals surface area contributed by atoms with Crippen LogP contribution in [0.5, 0.6) is 0 Å². The Labute approximate surface area is 146 Å². The van der Waals surface area contributed by atoms with Crippen LogP contribution in [0.25, 0.3) is 0 Å². The van der Waals surface area contributed by atoms with Crippen molar-refractivity contribution in [2.45, 2.75) is 11.8 Å². The third kappa shape index (κ3) is 4.43. The Hall–Kier alpha value is -2.71. The summed E-state index contributed by atoms with van der Waals surface area (Å²) in [4.78, 5) is 23.6. The number of carbonyl (C=O) groups is 2. The van der Waals surface area contributed by atoms with Gasteiger partial charge in [0.05, 0.1) is 22.7 Å². The zero-order valence-electron chi connectivity index (χ0n) is 13.9. The topological polar surface area (TPSA) is 110 Å². The lowest BCUT2D eigenvalue weighted by Crippen LogP contribution is -2.35. The van der Waals surface area contributed by atoms with Crippen molar-refractivity contribution in [2.75, 3.05) is 18.9 Å². The second kappa shape index (κ2) is 7.45. The van der Waals surface area contributed by atoms with Gasteiger partial charge in [0.2, 0.25) is 15.9 Å². The number of amides is 2. The third-order valence-electron chi connectivity index (χ3n) is 3.56. The van der Waals surface area contributed by atoms with Crippen LogP contribution in [0.3, 0.4) is 0 Å². The molecule has 0 bridgehead atoms. The molecule has 0 heterocycles. The van der Waals surface area contributed by atoms with Crippen LogP contribution in [0.15, 0.2) is 53.4 Å². The highest BCUT2D eigenvalue weighted by Crippen LogP contribution is 2.16. The van der Waals surface area contributed by atoms with Crippen LogP contribution in [-0.4, -0.2) is 38.1 Å². The summed E-state index contributed by atoms with van der Waals surface area (Å²) in [5.41, 5.74) is 6.58. The third-order valence-corrected chi connectivity index (χ3v) is 5.38. The Bertz CT molecular complexity index is 892. The van der Waals surface area contributed by atoms with Gasteiger partial charge in [-0.15, -0.1) is 0 Å². The van der Waals surface area contributed by atoms with E-state index in [0.29, 0.717) is 0 Å². The zero-order valence-corrected chi connectivity index (χ0v) is 14.7. The van der Waals surface area contributed by atoms with E-state index in [0.717, 1.165) is 9.87 Å². The van der Waals surface area contributed by atoms with Crippen molar-refractivity contribution in [1.82, 2.24) is 4.31 Å². The molecule has 2 amide bonds. The maximum atomic E-state index is 12.5. The number of hydrogen-bond donors (Lipinski definition) is 2. The van der Waals surface area contributed by atoms with Crippen LogP contribution in [-0.2, 0) is 14.8 Å². The first-order chi connectivity index (χ1) is 11.7. The van der Waals surface area contributed by atoms with E-state index in [4.69, 9.17) is 5.73 Å². The Morgan fingerprint density at radius 2 is 1.68 bits per heavy atom. The van der Waals surface area contributed by atoms with Crippen LogP contribution >= 0.6 is 0 Å². The molecule has 2 rings (SSSR count). The van der Waals surface area contributed by atoms with Crippen molar-refractivity contribution in [3.63, 3.8) is 0 Å². The molecule has 0 fully saturated rings. The molecule has 8 heteroatoms. The SMILES string of the molecule is Cc1ccc(S(=O)(=O)N(C)CC(=O)Nc2ccccc2C(N)=O)cc1. The van der Waals surface area contributed by atoms with Gasteiger partial charge in [0, 0.05) is 7.05 Å². The zero-order chi connectivity index (χ0) is 18.6. The number of sulfonamides is 1. The Balaban J connectivity index is 2.12. The quantitative estimate of drug-likeness (QED) is 0.809. The standard InChI is InChI=1S/C17H19N3O4S/c1-12-7-9-13(10-8-12)25(23,24)20(2)11-16(21)19-15-6-4-3-5-14(15)17(18)22/h3-10H,11H2,1-2H3,(H2,18,22)(H,19,21). The lowest BCUT2D eigenvalue weighted by molar-refractivity contribution is -0.116. The molecule has 0 atom stereocenters. The molecule has 2 aromatic carbocycles. The molecular formula is C17H19N3O4S. The predicted octanol–water partition coefficient (Wildman–Crippen LogP) is 1.35. The van der Waals surface area contributed by atoms with Crippen LogP contribution in [0, 0.1) is 6.92 Å². The average Bonchev–Trinajstić information content (AvgIpc) is 2.55. The lowest BCUT2D eigenvalue weighted by atomic mass is 10.1. The van der Waals surface area contributed by atoms with Gasteiger partial charge in [-0.1, -0.05) is 29.8 Å². The highest BCUT2D eigenvalue weighted by Gasteiger charge is 2.23. The summed E-state index contributed by atoms with van der Waals surface area (Å²) in [5, 5.41) is 2.51. The van der Waals surface area contributed by atoms with E-state index in [-0.39, 0.29) is 16.1 Å². The molecule has 3 N–H and O–H groups in total. The number of likely N-dealkylation sites (N-methyl/N-ethyl adjacent to an activating group) is 1. The maximum Gasteiger partial charge on any atom is 0.250 e. The van der Waals surface area contributed by atoms with E-state index in [1.54, 1.807) is 24.3 Å². The van der Waals surface area contributed by atoms with Crippen molar-refractivity contribution in [3.8, 4) is 0 Å². The molecule has 0 aliphatic heterocycles. The van der Waals surface area contributed by atoms with Gasteiger partial charge in [0.1, 0.15) is 0 Å². The molecule has 0 radical (unpaired) electrons. The first-order valence-corrected chi connectivity index (χ1v) is 8.87. The van der Waals surface area contributed by atoms with E-state index in [1.165, 1.54) is 31.3 Å². The fraction of sp³-hybridized carbons (Fsp3) is 0.176. The van der Waals surface area contributed by atoms with Gasteiger partial charge in [0.25, 0.3) is 5.91 Å². The number of aryl methyl sites for hydroxylation is 1. The van der Waals surface area contributed by atoms with Crippen LogP contribution in [0.1, 0.15) is 15.9 Å². The van der Waals surface area contributed by atoms with Crippen molar-refractivity contribution < 1.29 is 18.0 Å². The van der Waals surface area contributed by atoms with Crippen molar-refractivity contribution in [2.24, 2.45) is 5.73 Å². The number of para-hydroxylation sites is 1. The van der Waals surface area contributed by atoms with Crippen molar-refractivity contribution >= 4 is 27.5 Å². The highest BCUT2D eigenvalue weighted by molar-refractivity contribution is 7.89. The minimum absolute atomic E-state index is 0.103. The largest absolute Gasteiger partial charge is 0.366 e. The lowest BCUT2D eigenvalue weighted by Gasteiger charge is -2.17. The van der Waals surface area contributed by atoms with E-state index in [9.17, 15) is 18.0 Å². The summed E-state index contributed by atoms with van der Waals surface area (Å²) in [7, 11) is -2.47. The molecule has 25 heavy (non-hydrogen) atoms. The van der Waals surface area contributed by atoms with Crippen molar-refractivity contribution in [3.05, 3.63) is 59.7 Å². The van der Waals surface area contributed by atoms with Crippen LogP contribution < -0.4 is 11.1 Å². The number of carbonyl (C=O) groups excluding carboxylic acids is 2. The second-order valence-electron chi connectivity index (χ2n) is 5.53. The van der Waals surface area contributed by atoms with E-state index in [1.807, 2.05) is 6.92 Å². The van der Waals surface area contributed by atoms with Gasteiger partial charge >= 0.3 is 0 Å². The first-order valence-electron chi connectivity index (χ1n) is 7.43. The van der Waals surface area contributed by atoms with Gasteiger partial charge in [-0.3, -0.25) is 9.59 Å². The molecule has 0 saturated carbocycles. The molecule has 132 valence electrons. The Morgan fingerprint density at radius 1 is 1.08 bits per heavy atom. The van der Waals surface area contributed by atoms with Crippen LogP contribution in [0.2, 0.25) is 0 Å². The summed E-state index contributed by atoms with van der Waals surface area (Å²) in [6.45, 7) is 1.45. The number of hydrogen-bond acceptors (Lipinski definition) is 4. The summed E-state index contributed by atoms with van der Waals surface area (Å²) in [6, 6.07) is 12.6. The molecule has 0 unspecified atom stereocenters. The molecule has 0 saturated heterocycles. The normalized spacial score (nSPS) is 11.3. The monoisotopic (exact) mass is 361 g/mol. The average molecular weight is 361 g/mol. The van der Waals surface area contributed by atoms with Gasteiger partial charge in [0.15, 0.2) is 0 Å². The summed E-state index contributed by atoms with van der Waals surface area (Å²) < 4.78 is 25.9. The van der Waals surface area contributed by atoms with E-state index in [2.05, 4.69) is 5.32 Å². The molecule has 2 aromatic rings. The maximum absolute atomic E-state index is 12.5. The molecule has 0 aliphatic carbocycles. The number of rotatable bonds is 6. The molecule has 0 aromatic heterocycles. The second-order valence-corrected chi connectivity index (χ2v) is 7.58. The molecule has 0 spiro atoms. The minimum Gasteiger partial charge on any atom is -0.366 e. The highest BCUT2D eigenvalue weighted by atomic mass is 32.2. The number of nitrogens with two attached hydrogens (primary N) is 1. The van der Waals surface area contributed by atoms with Crippen LogP contribution in [0.4, 0.5) is 5.69 Å². The summed E-state index contributed by atoms with van der Waals surface area (Å²) in [6.07, 6.45) is 0. The fourth-order valence-electron chi connectivity index (χ4n) is 2.17. The van der Waals surface area contributed by atoms with E-state index >= 15 is 0 Å². The van der Waals surface area contributed by atoms with Gasteiger partial charge in [-0.2, -0.15) is 4.31 Å². The fourth-order valence-corrected chi connectivity index (χ4v) is 3.30. The molecule has 0 aliphatic rings. The Kier molecular flexibility index (Phi) is 5.55. The number of nitrogens with one attached hydrogen (secondary N) is 1. The number of nitrogens with zero attached hydrogens (tertiary/aromatic N) is 1. The number of anilines is 1. The van der Waals surface area contributed by atoms with Gasteiger partial charge in [-0.25, -0.2) is 8.42 Å². The summed E-state index contributed by atoms with van der Waals surface area (Å²) in [5.74, 6) is -1.26. The van der Waals surface area contributed by atoms with Crippen molar-refractivity contribution in [1.29, 1.82) is 0 Å². The van der Waals surface area contributed by atoms with Gasteiger partial charge < -0.3 is 11.1 Å². The van der Waals surface area contributed by atoms with Gasteiger partial charge in [-0.05, 0) is 31.2 Å².